The normalized spacial score (nSPS) is 24.2. The first-order valence-corrected chi connectivity index (χ1v) is 9.69. The Labute approximate surface area is 154 Å². The van der Waals surface area contributed by atoms with Gasteiger partial charge in [0.05, 0.1) is 13.2 Å². The predicted octanol–water partition coefficient (Wildman–Crippen LogP) is 3.97. The molecular weight excluding hydrogens is 344 g/mol. The van der Waals surface area contributed by atoms with Gasteiger partial charge >= 0.3 is 11.9 Å². The Bertz CT molecular complexity index is 425. The molecule has 2 atom stereocenters. The summed E-state index contributed by atoms with van der Waals surface area (Å²) in [5.41, 5.74) is 0. The quantitative estimate of drug-likeness (QED) is 0.452. The first-order chi connectivity index (χ1) is 11.5. The van der Waals surface area contributed by atoms with E-state index in [9.17, 15) is 9.59 Å². The van der Waals surface area contributed by atoms with Gasteiger partial charge in [-0.3, -0.25) is 9.59 Å². The second kappa shape index (κ2) is 10.2. The molecule has 24 heavy (non-hydrogen) atoms. The van der Waals surface area contributed by atoms with Gasteiger partial charge in [0.1, 0.15) is 0 Å². The van der Waals surface area contributed by atoms with Gasteiger partial charge in [-0.2, -0.15) is 0 Å². The summed E-state index contributed by atoms with van der Waals surface area (Å²) < 4.78 is 10.2. The SMILES string of the molecule is O=C1CCC(CCC(=S)CCC(=S)CCC2CCC(=O)OC2)CO1. The second-order valence-electron chi connectivity index (χ2n) is 6.83. The summed E-state index contributed by atoms with van der Waals surface area (Å²) >= 11 is 10.9. The number of rotatable bonds is 9. The average molecular weight is 371 g/mol. The summed E-state index contributed by atoms with van der Waals surface area (Å²) in [5.74, 6) is 0.766. The molecule has 0 spiro atoms. The molecule has 0 amide bonds. The maximum Gasteiger partial charge on any atom is 0.305 e. The van der Waals surface area contributed by atoms with Crippen LogP contribution in [0.5, 0.6) is 0 Å². The Morgan fingerprint density at radius 1 is 0.792 bits per heavy atom. The fourth-order valence-corrected chi connectivity index (χ4v) is 3.53. The minimum absolute atomic E-state index is 0.0769. The van der Waals surface area contributed by atoms with Gasteiger partial charge in [-0.1, -0.05) is 24.4 Å². The molecule has 2 aliphatic heterocycles. The molecule has 0 saturated carbocycles. The molecule has 2 unspecified atom stereocenters. The van der Waals surface area contributed by atoms with Gasteiger partial charge in [-0.25, -0.2) is 0 Å². The number of hydrogen-bond acceptors (Lipinski definition) is 6. The fourth-order valence-electron chi connectivity index (χ4n) is 3.09. The number of ether oxygens (including phenoxy) is 2. The van der Waals surface area contributed by atoms with Crippen LogP contribution < -0.4 is 0 Å². The molecule has 0 N–H and O–H groups in total. The lowest BCUT2D eigenvalue weighted by molar-refractivity contribution is -0.150. The second-order valence-corrected chi connectivity index (χ2v) is 7.98. The Kier molecular flexibility index (Phi) is 8.25. The van der Waals surface area contributed by atoms with E-state index in [0.29, 0.717) is 37.9 Å². The minimum atomic E-state index is -0.0769. The molecule has 0 bridgehead atoms. The van der Waals surface area contributed by atoms with E-state index in [1.165, 1.54) is 0 Å². The van der Waals surface area contributed by atoms with E-state index >= 15 is 0 Å². The van der Waals surface area contributed by atoms with E-state index < -0.39 is 0 Å². The van der Waals surface area contributed by atoms with Crippen LogP contribution in [0.25, 0.3) is 0 Å². The van der Waals surface area contributed by atoms with Crippen molar-refractivity contribution in [3.63, 3.8) is 0 Å². The zero-order chi connectivity index (χ0) is 17.4. The molecular formula is C18H26O4S2. The Morgan fingerprint density at radius 3 is 1.54 bits per heavy atom. The van der Waals surface area contributed by atoms with E-state index in [0.717, 1.165) is 61.1 Å². The van der Waals surface area contributed by atoms with Crippen molar-refractivity contribution in [1.82, 2.24) is 0 Å². The maximum absolute atomic E-state index is 11.0. The van der Waals surface area contributed by atoms with Crippen LogP contribution >= 0.6 is 24.4 Å². The molecule has 2 saturated heterocycles. The number of hydrogen-bond donors (Lipinski definition) is 0. The molecule has 0 aromatic rings. The molecule has 2 rings (SSSR count). The van der Waals surface area contributed by atoms with Crippen LogP contribution in [0.3, 0.4) is 0 Å². The standard InChI is InChI=1S/C18H26O4S2/c19-17-9-3-13(11-21-17)1-5-15(23)7-8-16(24)6-2-14-4-10-18(20)22-12-14/h13-14H,1-12H2. The van der Waals surface area contributed by atoms with Crippen molar-refractivity contribution in [2.45, 2.75) is 64.2 Å². The fraction of sp³-hybridized carbons (Fsp3) is 0.778. The van der Waals surface area contributed by atoms with Gasteiger partial charge in [-0.15, -0.1) is 0 Å². The van der Waals surface area contributed by atoms with Crippen molar-refractivity contribution in [1.29, 1.82) is 0 Å². The lowest BCUT2D eigenvalue weighted by atomic mass is 9.93. The van der Waals surface area contributed by atoms with Crippen LogP contribution in [0, 0.1) is 11.8 Å². The van der Waals surface area contributed by atoms with Crippen molar-refractivity contribution >= 4 is 46.1 Å². The first kappa shape index (κ1) is 19.4. The molecule has 4 nitrogen and oxygen atoms in total. The third kappa shape index (κ3) is 7.34. The lowest BCUT2D eigenvalue weighted by Crippen LogP contribution is -2.22. The van der Waals surface area contributed by atoms with E-state index in [1.807, 2.05) is 0 Å². The summed E-state index contributed by atoms with van der Waals surface area (Å²) in [4.78, 5) is 24.2. The summed E-state index contributed by atoms with van der Waals surface area (Å²) in [7, 11) is 0. The van der Waals surface area contributed by atoms with Gasteiger partial charge in [-0.05, 0) is 72.9 Å². The molecule has 0 aliphatic carbocycles. The van der Waals surface area contributed by atoms with Crippen LogP contribution in [0.15, 0.2) is 0 Å². The highest BCUT2D eigenvalue weighted by Gasteiger charge is 2.21. The van der Waals surface area contributed by atoms with E-state index in [2.05, 4.69) is 0 Å². The van der Waals surface area contributed by atoms with Crippen LogP contribution in [0.4, 0.5) is 0 Å². The van der Waals surface area contributed by atoms with E-state index in [4.69, 9.17) is 33.9 Å². The first-order valence-electron chi connectivity index (χ1n) is 8.87. The molecule has 0 aromatic carbocycles. The Hall–Kier alpha value is -0.880. The maximum atomic E-state index is 11.0. The zero-order valence-corrected chi connectivity index (χ0v) is 15.7. The number of thiocarbonyl (C=S) groups is 2. The molecule has 0 aromatic heterocycles. The van der Waals surface area contributed by atoms with E-state index in [-0.39, 0.29) is 11.9 Å². The van der Waals surface area contributed by atoms with Gasteiger partial charge in [0.25, 0.3) is 0 Å². The zero-order valence-electron chi connectivity index (χ0n) is 14.1. The van der Waals surface area contributed by atoms with Crippen LogP contribution in [-0.2, 0) is 19.1 Å². The highest BCUT2D eigenvalue weighted by atomic mass is 32.1. The smallest absolute Gasteiger partial charge is 0.305 e. The van der Waals surface area contributed by atoms with Crippen molar-refractivity contribution < 1.29 is 19.1 Å². The molecule has 134 valence electrons. The third-order valence-corrected chi connectivity index (χ3v) is 5.64. The average Bonchev–Trinajstić information content (AvgIpc) is 2.59. The summed E-state index contributed by atoms with van der Waals surface area (Å²) in [6, 6.07) is 0. The molecule has 2 aliphatic rings. The number of carbonyl (C=O) groups excluding carboxylic acids is 2. The van der Waals surface area contributed by atoms with E-state index in [1.54, 1.807) is 0 Å². The van der Waals surface area contributed by atoms with Crippen molar-refractivity contribution in [3.8, 4) is 0 Å². The van der Waals surface area contributed by atoms with Gasteiger partial charge in [0.2, 0.25) is 0 Å². The molecule has 6 heteroatoms. The monoisotopic (exact) mass is 370 g/mol. The van der Waals surface area contributed by atoms with Crippen LogP contribution in [0.1, 0.15) is 64.2 Å². The third-order valence-electron chi connectivity index (χ3n) is 4.82. The highest BCUT2D eigenvalue weighted by Crippen LogP contribution is 2.22. The number of cyclic esters (lactones) is 2. The summed E-state index contributed by atoms with van der Waals surface area (Å²) in [5, 5.41) is 0. The van der Waals surface area contributed by atoms with Gasteiger partial charge in [0, 0.05) is 12.8 Å². The van der Waals surface area contributed by atoms with Crippen LogP contribution in [-0.4, -0.2) is 34.9 Å². The minimum Gasteiger partial charge on any atom is -0.465 e. The molecule has 2 fully saturated rings. The van der Waals surface area contributed by atoms with Crippen molar-refractivity contribution in [3.05, 3.63) is 0 Å². The predicted molar refractivity (Wildman–Crippen MR) is 100 cm³/mol. The number of carbonyl (C=O) groups is 2. The Balaban J connectivity index is 1.52. The topological polar surface area (TPSA) is 52.6 Å². The Morgan fingerprint density at radius 2 is 1.21 bits per heavy atom. The highest BCUT2D eigenvalue weighted by molar-refractivity contribution is 7.80. The van der Waals surface area contributed by atoms with Crippen molar-refractivity contribution in [2.24, 2.45) is 11.8 Å². The van der Waals surface area contributed by atoms with Gasteiger partial charge in [0.15, 0.2) is 0 Å². The van der Waals surface area contributed by atoms with Gasteiger partial charge < -0.3 is 9.47 Å². The van der Waals surface area contributed by atoms with Crippen molar-refractivity contribution in [2.75, 3.05) is 13.2 Å². The number of esters is 2. The molecule has 0 radical (unpaired) electrons. The summed E-state index contributed by atoms with van der Waals surface area (Å²) in [6.45, 7) is 1.09. The lowest BCUT2D eigenvalue weighted by Gasteiger charge is -2.22. The van der Waals surface area contributed by atoms with Crippen LogP contribution in [0.2, 0.25) is 0 Å². The largest absolute Gasteiger partial charge is 0.465 e. The summed E-state index contributed by atoms with van der Waals surface area (Å²) in [6.07, 6.45) is 8.52. The molecule has 2 heterocycles.